The molecule has 1 atom stereocenters. The molecule has 0 radical (unpaired) electrons. The van der Waals surface area contributed by atoms with Gasteiger partial charge in [-0.15, -0.1) is 0 Å². The summed E-state index contributed by atoms with van der Waals surface area (Å²) in [4.78, 5) is 0. The summed E-state index contributed by atoms with van der Waals surface area (Å²) < 4.78 is 5.57. The Bertz CT molecular complexity index is 300. The van der Waals surface area contributed by atoms with Crippen molar-refractivity contribution >= 4 is 0 Å². The van der Waals surface area contributed by atoms with E-state index in [4.69, 9.17) is 9.84 Å². The average Bonchev–Trinajstić information content (AvgIpc) is 2.84. The zero-order valence-electron chi connectivity index (χ0n) is 11.6. The summed E-state index contributed by atoms with van der Waals surface area (Å²) in [6.07, 6.45) is 9.04. The molecule has 1 aliphatic heterocycles. The smallest absolute Gasteiger partial charge is 0.0892 e. The normalized spacial score (nSPS) is 23.9. The Kier molecular flexibility index (Phi) is 5.41. The molecule has 0 amide bonds. The fourth-order valence-corrected chi connectivity index (χ4v) is 2.00. The molecule has 0 saturated carbocycles. The van der Waals surface area contributed by atoms with Gasteiger partial charge in [-0.25, -0.2) is 0 Å². The minimum atomic E-state index is 0.126. The van der Waals surface area contributed by atoms with E-state index in [-0.39, 0.29) is 12.2 Å². The predicted molar refractivity (Wildman–Crippen MR) is 72.0 cm³/mol. The Labute approximate surface area is 105 Å². The summed E-state index contributed by atoms with van der Waals surface area (Å²) in [5.41, 5.74) is 2.84. The summed E-state index contributed by atoms with van der Waals surface area (Å²) in [6.45, 7) is 8.72. The SMILES string of the molecule is C/C(=C/CC/C(C)=C/CO)CCC1OC1(C)C. The maximum atomic E-state index is 8.74. The summed E-state index contributed by atoms with van der Waals surface area (Å²) in [7, 11) is 0. The van der Waals surface area contributed by atoms with Gasteiger partial charge in [-0.2, -0.15) is 0 Å². The van der Waals surface area contributed by atoms with Crippen LogP contribution in [0.2, 0.25) is 0 Å². The molecule has 1 aliphatic rings. The van der Waals surface area contributed by atoms with E-state index in [9.17, 15) is 0 Å². The van der Waals surface area contributed by atoms with Crippen molar-refractivity contribution in [2.24, 2.45) is 0 Å². The first kappa shape index (κ1) is 14.5. The number of ether oxygens (including phenoxy) is 1. The van der Waals surface area contributed by atoms with Crippen LogP contribution in [0.25, 0.3) is 0 Å². The molecule has 1 saturated heterocycles. The van der Waals surface area contributed by atoms with E-state index in [1.54, 1.807) is 0 Å². The third-order valence-corrected chi connectivity index (χ3v) is 3.44. The third-order valence-electron chi connectivity index (χ3n) is 3.44. The molecule has 2 nitrogen and oxygen atoms in total. The minimum Gasteiger partial charge on any atom is -0.392 e. The average molecular weight is 238 g/mol. The Hall–Kier alpha value is -0.600. The Morgan fingerprint density at radius 3 is 2.29 bits per heavy atom. The zero-order chi connectivity index (χ0) is 12.9. The van der Waals surface area contributed by atoms with E-state index in [0.29, 0.717) is 6.10 Å². The molecule has 17 heavy (non-hydrogen) atoms. The highest BCUT2D eigenvalue weighted by molar-refractivity contribution is 5.05. The lowest BCUT2D eigenvalue weighted by atomic mass is 10.0. The van der Waals surface area contributed by atoms with Gasteiger partial charge in [0, 0.05) is 0 Å². The van der Waals surface area contributed by atoms with Gasteiger partial charge in [-0.05, 0) is 53.4 Å². The molecule has 1 N–H and O–H groups in total. The molecule has 2 heteroatoms. The van der Waals surface area contributed by atoms with E-state index in [2.05, 4.69) is 33.8 Å². The molecule has 0 spiro atoms. The van der Waals surface area contributed by atoms with Crippen LogP contribution in [0.4, 0.5) is 0 Å². The van der Waals surface area contributed by atoms with Gasteiger partial charge >= 0.3 is 0 Å². The number of epoxide rings is 1. The van der Waals surface area contributed by atoms with Crippen molar-refractivity contribution in [3.63, 3.8) is 0 Å². The number of aliphatic hydroxyl groups is 1. The molecular formula is C15H26O2. The van der Waals surface area contributed by atoms with E-state index in [1.807, 2.05) is 6.08 Å². The summed E-state index contributed by atoms with van der Waals surface area (Å²) in [6, 6.07) is 0. The molecular weight excluding hydrogens is 212 g/mol. The van der Waals surface area contributed by atoms with Crippen molar-refractivity contribution in [3.8, 4) is 0 Å². The molecule has 1 unspecified atom stereocenters. The highest BCUT2D eigenvalue weighted by atomic mass is 16.6. The van der Waals surface area contributed by atoms with Crippen LogP contribution in [0.5, 0.6) is 0 Å². The Morgan fingerprint density at radius 1 is 1.18 bits per heavy atom. The number of rotatable bonds is 7. The largest absolute Gasteiger partial charge is 0.392 e. The molecule has 0 aromatic carbocycles. The zero-order valence-corrected chi connectivity index (χ0v) is 11.6. The second-order valence-corrected chi connectivity index (χ2v) is 5.57. The standard InChI is InChI=1S/C15H26O2/c1-12(6-5-7-13(2)10-11-16)8-9-14-15(3,4)17-14/h6,10,14,16H,5,7-9,11H2,1-4H3/b12-6-,13-10+. The van der Waals surface area contributed by atoms with Crippen molar-refractivity contribution in [1.82, 2.24) is 0 Å². The van der Waals surface area contributed by atoms with Gasteiger partial charge in [0.05, 0.1) is 18.3 Å². The molecule has 1 rings (SSSR count). The lowest BCUT2D eigenvalue weighted by Crippen LogP contribution is -2.02. The first-order valence-electron chi connectivity index (χ1n) is 6.55. The lowest BCUT2D eigenvalue weighted by Gasteiger charge is -2.01. The van der Waals surface area contributed by atoms with Crippen molar-refractivity contribution in [2.45, 2.75) is 65.1 Å². The van der Waals surface area contributed by atoms with E-state index in [0.717, 1.165) is 25.7 Å². The van der Waals surface area contributed by atoms with E-state index < -0.39 is 0 Å². The number of allylic oxidation sites excluding steroid dienone is 3. The lowest BCUT2D eigenvalue weighted by molar-refractivity contribution is 0.320. The van der Waals surface area contributed by atoms with Crippen LogP contribution in [-0.2, 0) is 4.74 Å². The molecule has 0 bridgehead atoms. The highest BCUT2D eigenvalue weighted by Crippen LogP contribution is 2.38. The van der Waals surface area contributed by atoms with Crippen LogP contribution in [0.15, 0.2) is 23.3 Å². The summed E-state index contributed by atoms with van der Waals surface area (Å²) >= 11 is 0. The van der Waals surface area contributed by atoms with Crippen molar-refractivity contribution in [2.75, 3.05) is 6.61 Å². The van der Waals surface area contributed by atoms with Crippen LogP contribution < -0.4 is 0 Å². The van der Waals surface area contributed by atoms with E-state index >= 15 is 0 Å². The van der Waals surface area contributed by atoms with Crippen LogP contribution in [0, 0.1) is 0 Å². The van der Waals surface area contributed by atoms with Gasteiger partial charge in [0.2, 0.25) is 0 Å². The van der Waals surface area contributed by atoms with Gasteiger partial charge in [-0.1, -0.05) is 23.3 Å². The molecule has 0 aliphatic carbocycles. The molecule has 1 fully saturated rings. The highest BCUT2D eigenvalue weighted by Gasteiger charge is 2.46. The first-order valence-corrected chi connectivity index (χ1v) is 6.55. The van der Waals surface area contributed by atoms with Gasteiger partial charge in [0.25, 0.3) is 0 Å². The van der Waals surface area contributed by atoms with Gasteiger partial charge in [0.1, 0.15) is 0 Å². The number of hydrogen-bond acceptors (Lipinski definition) is 2. The third kappa shape index (κ3) is 5.51. The quantitative estimate of drug-likeness (QED) is 0.543. The number of hydrogen-bond donors (Lipinski definition) is 1. The second kappa shape index (κ2) is 6.36. The number of aliphatic hydroxyl groups excluding tert-OH is 1. The molecule has 0 aromatic rings. The van der Waals surface area contributed by atoms with Crippen molar-refractivity contribution < 1.29 is 9.84 Å². The van der Waals surface area contributed by atoms with Crippen molar-refractivity contribution in [1.29, 1.82) is 0 Å². The Morgan fingerprint density at radius 2 is 1.76 bits per heavy atom. The molecule has 0 aromatic heterocycles. The summed E-state index contributed by atoms with van der Waals surface area (Å²) in [5, 5.41) is 8.74. The van der Waals surface area contributed by atoms with Gasteiger partial charge < -0.3 is 9.84 Å². The fraction of sp³-hybridized carbons (Fsp3) is 0.733. The molecule has 1 heterocycles. The van der Waals surface area contributed by atoms with Crippen molar-refractivity contribution in [3.05, 3.63) is 23.3 Å². The fourth-order valence-electron chi connectivity index (χ4n) is 2.00. The summed E-state index contributed by atoms with van der Waals surface area (Å²) in [5.74, 6) is 0. The monoisotopic (exact) mass is 238 g/mol. The Balaban J connectivity index is 2.15. The van der Waals surface area contributed by atoms with Crippen LogP contribution in [0.1, 0.15) is 53.4 Å². The first-order chi connectivity index (χ1) is 7.95. The predicted octanol–water partition coefficient (Wildman–Crippen LogP) is 3.61. The second-order valence-electron chi connectivity index (χ2n) is 5.57. The maximum absolute atomic E-state index is 8.74. The topological polar surface area (TPSA) is 32.8 Å². The van der Waals surface area contributed by atoms with E-state index in [1.165, 1.54) is 11.1 Å². The van der Waals surface area contributed by atoms with Gasteiger partial charge in [0.15, 0.2) is 0 Å². The minimum absolute atomic E-state index is 0.126. The van der Waals surface area contributed by atoms with Crippen LogP contribution in [0.3, 0.4) is 0 Å². The van der Waals surface area contributed by atoms with Crippen LogP contribution >= 0.6 is 0 Å². The van der Waals surface area contributed by atoms with Gasteiger partial charge in [-0.3, -0.25) is 0 Å². The molecule has 98 valence electrons. The van der Waals surface area contributed by atoms with Crippen LogP contribution in [-0.4, -0.2) is 23.4 Å². The maximum Gasteiger partial charge on any atom is 0.0892 e.